The van der Waals surface area contributed by atoms with Crippen molar-refractivity contribution in [3.05, 3.63) is 18.0 Å². The highest BCUT2D eigenvalue weighted by Crippen LogP contribution is 2.10. The number of hydrogen-bond donors (Lipinski definition) is 1. The van der Waals surface area contributed by atoms with E-state index in [-0.39, 0.29) is 0 Å². The van der Waals surface area contributed by atoms with Crippen LogP contribution in [0.3, 0.4) is 0 Å². The Kier molecular flexibility index (Phi) is 3.16. The van der Waals surface area contributed by atoms with E-state index >= 15 is 0 Å². The zero-order valence-corrected chi connectivity index (χ0v) is 8.57. The van der Waals surface area contributed by atoms with Crippen LogP contribution in [0.25, 0.3) is 0 Å². The van der Waals surface area contributed by atoms with Crippen LogP contribution in [0.4, 0.5) is 0 Å². The third-order valence-corrected chi connectivity index (χ3v) is 2.48. The van der Waals surface area contributed by atoms with Gasteiger partial charge in [0.1, 0.15) is 0 Å². The molecule has 4 heteroatoms. The second-order valence-corrected chi connectivity index (χ2v) is 3.79. The quantitative estimate of drug-likeness (QED) is 0.768. The van der Waals surface area contributed by atoms with Gasteiger partial charge in [-0.05, 0) is 12.8 Å². The summed E-state index contributed by atoms with van der Waals surface area (Å²) in [6, 6.07) is 0. The first-order chi connectivity index (χ1) is 6.84. The average Bonchev–Trinajstić information content (AvgIpc) is 2.77. The van der Waals surface area contributed by atoms with Gasteiger partial charge in [0, 0.05) is 38.5 Å². The third-order valence-electron chi connectivity index (χ3n) is 2.48. The maximum absolute atomic E-state index is 5.51. The van der Waals surface area contributed by atoms with E-state index in [9.17, 15) is 0 Å². The van der Waals surface area contributed by atoms with Crippen LogP contribution in [-0.4, -0.2) is 29.0 Å². The summed E-state index contributed by atoms with van der Waals surface area (Å²) in [5, 5.41) is 7.49. The lowest BCUT2D eigenvalue weighted by Gasteiger charge is -2.09. The van der Waals surface area contributed by atoms with E-state index in [2.05, 4.69) is 10.4 Å². The van der Waals surface area contributed by atoms with Crippen molar-refractivity contribution in [2.24, 2.45) is 7.05 Å². The lowest BCUT2D eigenvalue weighted by molar-refractivity contribution is 0.110. The number of nitrogens with zero attached hydrogens (tertiary/aromatic N) is 2. The molecule has 14 heavy (non-hydrogen) atoms. The van der Waals surface area contributed by atoms with E-state index in [0.717, 1.165) is 19.7 Å². The van der Waals surface area contributed by atoms with Gasteiger partial charge >= 0.3 is 0 Å². The number of nitrogens with one attached hydrogen (secondary N) is 1. The average molecular weight is 195 g/mol. The molecule has 1 atom stereocenters. The smallest absolute Gasteiger partial charge is 0.0700 e. The van der Waals surface area contributed by atoms with Gasteiger partial charge in [0.05, 0.1) is 12.3 Å². The molecule has 0 saturated carbocycles. The molecule has 4 nitrogen and oxygen atoms in total. The fourth-order valence-electron chi connectivity index (χ4n) is 1.75. The molecular weight excluding hydrogens is 178 g/mol. The number of hydrogen-bond acceptors (Lipinski definition) is 3. The first-order valence-electron chi connectivity index (χ1n) is 5.14. The van der Waals surface area contributed by atoms with Crippen molar-refractivity contribution in [3.63, 3.8) is 0 Å². The molecule has 1 aromatic heterocycles. The molecule has 0 unspecified atom stereocenters. The summed E-state index contributed by atoms with van der Waals surface area (Å²) >= 11 is 0. The van der Waals surface area contributed by atoms with E-state index in [1.807, 2.05) is 24.1 Å². The molecule has 78 valence electrons. The Morgan fingerprint density at radius 1 is 1.71 bits per heavy atom. The van der Waals surface area contributed by atoms with Crippen molar-refractivity contribution in [2.45, 2.75) is 25.5 Å². The Morgan fingerprint density at radius 3 is 3.29 bits per heavy atom. The van der Waals surface area contributed by atoms with Crippen LogP contribution in [0.5, 0.6) is 0 Å². The van der Waals surface area contributed by atoms with Crippen LogP contribution in [-0.2, 0) is 18.3 Å². The van der Waals surface area contributed by atoms with Crippen LogP contribution < -0.4 is 5.32 Å². The summed E-state index contributed by atoms with van der Waals surface area (Å²) in [5.74, 6) is 0. The molecule has 0 spiro atoms. The Hall–Kier alpha value is -0.870. The Bertz CT molecular complexity index is 279. The van der Waals surface area contributed by atoms with Crippen LogP contribution in [0.1, 0.15) is 18.4 Å². The Balaban J connectivity index is 1.67. The Labute approximate surface area is 84.3 Å². The predicted octanol–water partition coefficient (Wildman–Crippen LogP) is 0.689. The summed E-state index contributed by atoms with van der Waals surface area (Å²) in [6.45, 7) is 2.77. The molecule has 1 aliphatic rings. The summed E-state index contributed by atoms with van der Waals surface area (Å²) in [5.41, 5.74) is 1.23. The molecule has 0 aromatic carbocycles. The molecular formula is C10H17N3O. The van der Waals surface area contributed by atoms with Gasteiger partial charge in [-0.3, -0.25) is 4.68 Å². The molecule has 1 N–H and O–H groups in total. The van der Waals surface area contributed by atoms with Crippen molar-refractivity contribution < 1.29 is 4.74 Å². The fourth-order valence-corrected chi connectivity index (χ4v) is 1.75. The molecule has 0 amide bonds. The molecule has 2 rings (SSSR count). The molecule has 1 aliphatic heterocycles. The minimum atomic E-state index is 0.423. The van der Waals surface area contributed by atoms with E-state index in [1.54, 1.807) is 0 Å². The van der Waals surface area contributed by atoms with Gasteiger partial charge in [0.25, 0.3) is 0 Å². The number of aromatic nitrogens is 2. The number of aryl methyl sites for hydroxylation is 1. The van der Waals surface area contributed by atoms with Crippen LogP contribution in [0.15, 0.2) is 12.4 Å². The summed E-state index contributed by atoms with van der Waals surface area (Å²) in [7, 11) is 1.93. The molecule has 0 bridgehead atoms. The van der Waals surface area contributed by atoms with Gasteiger partial charge in [-0.25, -0.2) is 0 Å². The van der Waals surface area contributed by atoms with Crippen LogP contribution in [0.2, 0.25) is 0 Å². The third kappa shape index (κ3) is 2.56. The normalized spacial score (nSPS) is 21.6. The minimum Gasteiger partial charge on any atom is -0.377 e. The standard InChI is InChI=1S/C10H17N3O/c1-13-8-9(6-12-13)5-11-7-10-3-2-4-14-10/h6,8,10-11H,2-5,7H2,1H3/t10-/m1/s1. The van der Waals surface area contributed by atoms with Gasteiger partial charge in [-0.2, -0.15) is 5.10 Å². The predicted molar refractivity (Wildman–Crippen MR) is 53.9 cm³/mol. The first kappa shape index (κ1) is 9.68. The van der Waals surface area contributed by atoms with E-state index in [0.29, 0.717) is 6.10 Å². The SMILES string of the molecule is Cn1cc(CNC[C@H]2CCCO2)cn1. The zero-order chi connectivity index (χ0) is 9.80. The monoisotopic (exact) mass is 195 g/mol. The van der Waals surface area contributed by atoms with Gasteiger partial charge in [0.15, 0.2) is 0 Å². The summed E-state index contributed by atoms with van der Waals surface area (Å²) in [6.07, 6.45) is 6.75. The molecule has 0 radical (unpaired) electrons. The highest BCUT2D eigenvalue weighted by molar-refractivity contribution is 5.02. The maximum Gasteiger partial charge on any atom is 0.0700 e. The van der Waals surface area contributed by atoms with Crippen LogP contribution in [0, 0.1) is 0 Å². The number of rotatable bonds is 4. The van der Waals surface area contributed by atoms with Crippen molar-refractivity contribution >= 4 is 0 Å². The highest BCUT2D eigenvalue weighted by Gasteiger charge is 2.14. The Morgan fingerprint density at radius 2 is 2.64 bits per heavy atom. The van der Waals surface area contributed by atoms with Gasteiger partial charge in [-0.15, -0.1) is 0 Å². The molecule has 1 fully saturated rings. The van der Waals surface area contributed by atoms with E-state index in [1.165, 1.54) is 18.4 Å². The maximum atomic E-state index is 5.51. The lowest BCUT2D eigenvalue weighted by Crippen LogP contribution is -2.25. The van der Waals surface area contributed by atoms with Crippen molar-refractivity contribution in [1.29, 1.82) is 0 Å². The number of ether oxygens (including phenoxy) is 1. The van der Waals surface area contributed by atoms with Crippen molar-refractivity contribution in [3.8, 4) is 0 Å². The van der Waals surface area contributed by atoms with Crippen molar-refractivity contribution in [2.75, 3.05) is 13.2 Å². The molecule has 1 aromatic rings. The van der Waals surface area contributed by atoms with E-state index in [4.69, 9.17) is 4.74 Å². The van der Waals surface area contributed by atoms with Gasteiger partial charge in [-0.1, -0.05) is 0 Å². The molecule has 1 saturated heterocycles. The molecule has 0 aliphatic carbocycles. The fraction of sp³-hybridized carbons (Fsp3) is 0.700. The lowest BCUT2D eigenvalue weighted by atomic mass is 10.2. The minimum absolute atomic E-state index is 0.423. The topological polar surface area (TPSA) is 39.1 Å². The second kappa shape index (κ2) is 4.57. The molecule has 2 heterocycles. The highest BCUT2D eigenvalue weighted by atomic mass is 16.5. The van der Waals surface area contributed by atoms with Crippen LogP contribution >= 0.6 is 0 Å². The zero-order valence-electron chi connectivity index (χ0n) is 8.57. The van der Waals surface area contributed by atoms with Gasteiger partial charge in [0.2, 0.25) is 0 Å². The second-order valence-electron chi connectivity index (χ2n) is 3.79. The first-order valence-corrected chi connectivity index (χ1v) is 5.14. The summed E-state index contributed by atoms with van der Waals surface area (Å²) in [4.78, 5) is 0. The summed E-state index contributed by atoms with van der Waals surface area (Å²) < 4.78 is 7.34. The van der Waals surface area contributed by atoms with E-state index < -0.39 is 0 Å². The van der Waals surface area contributed by atoms with Gasteiger partial charge < -0.3 is 10.1 Å². The largest absolute Gasteiger partial charge is 0.377 e. The van der Waals surface area contributed by atoms with Crippen molar-refractivity contribution in [1.82, 2.24) is 15.1 Å².